The van der Waals surface area contributed by atoms with Crippen LogP contribution < -0.4 is 19.5 Å². The number of nitrogens with zero attached hydrogens (tertiary/aromatic N) is 1. The molecule has 1 N–H and O–H groups in total. The Kier molecular flexibility index (Phi) is 6.73. The van der Waals surface area contributed by atoms with Crippen LogP contribution in [0.15, 0.2) is 12.1 Å². The number of likely N-dealkylation sites (tertiary alicyclic amines) is 1. The number of methoxy groups -OCH3 is 3. The van der Waals surface area contributed by atoms with Crippen LogP contribution in [0.25, 0.3) is 0 Å². The molecule has 0 aromatic heterocycles. The Morgan fingerprint density at radius 3 is 2.58 bits per heavy atom. The van der Waals surface area contributed by atoms with Crippen LogP contribution in [-0.4, -0.2) is 58.8 Å². The number of benzene rings is 1. The van der Waals surface area contributed by atoms with Gasteiger partial charge in [-0.15, -0.1) is 0 Å². The van der Waals surface area contributed by atoms with Crippen molar-refractivity contribution in [1.82, 2.24) is 10.2 Å². The zero-order valence-corrected chi connectivity index (χ0v) is 15.1. The first-order chi connectivity index (χ1) is 11.6. The van der Waals surface area contributed by atoms with Crippen LogP contribution in [0.3, 0.4) is 0 Å². The number of aryl methyl sites for hydroxylation is 1. The number of hydrogen-bond acceptors (Lipinski definition) is 5. The molecular weight excluding hydrogens is 308 g/mol. The van der Waals surface area contributed by atoms with Gasteiger partial charge in [0.2, 0.25) is 11.7 Å². The Morgan fingerprint density at radius 2 is 1.96 bits per heavy atom. The summed E-state index contributed by atoms with van der Waals surface area (Å²) in [6, 6.07) is 3.78. The van der Waals surface area contributed by atoms with E-state index in [0.717, 1.165) is 31.6 Å². The summed E-state index contributed by atoms with van der Waals surface area (Å²) >= 11 is 0. The lowest BCUT2D eigenvalue weighted by atomic mass is 10.1. The van der Waals surface area contributed by atoms with Gasteiger partial charge in [-0.05, 0) is 44.0 Å². The number of amides is 1. The van der Waals surface area contributed by atoms with Gasteiger partial charge in [-0.25, -0.2) is 0 Å². The third kappa shape index (κ3) is 4.12. The zero-order chi connectivity index (χ0) is 17.5. The smallest absolute Gasteiger partial charge is 0.222 e. The van der Waals surface area contributed by atoms with E-state index in [9.17, 15) is 4.79 Å². The molecule has 0 saturated carbocycles. The fourth-order valence-electron chi connectivity index (χ4n) is 3.27. The van der Waals surface area contributed by atoms with E-state index < -0.39 is 0 Å². The molecule has 1 amide bonds. The standard InChI is InChI=1S/C18H28N2O4/c1-19-11-13-9-10-20(12-13)16(21)8-6-14-5-7-15(22-2)18(24-4)17(14)23-3/h5,7,13,19H,6,8-12H2,1-4H3. The maximum Gasteiger partial charge on any atom is 0.222 e. The number of ether oxygens (including phenoxy) is 3. The van der Waals surface area contributed by atoms with Gasteiger partial charge in [-0.3, -0.25) is 4.79 Å². The molecule has 1 aliphatic rings. The van der Waals surface area contributed by atoms with E-state index >= 15 is 0 Å². The maximum absolute atomic E-state index is 12.5. The maximum atomic E-state index is 12.5. The van der Waals surface area contributed by atoms with Crippen LogP contribution in [-0.2, 0) is 11.2 Å². The van der Waals surface area contributed by atoms with E-state index in [0.29, 0.717) is 36.0 Å². The van der Waals surface area contributed by atoms with Gasteiger partial charge < -0.3 is 24.4 Å². The second kappa shape index (κ2) is 8.78. The predicted octanol–water partition coefficient (Wildman–Crippen LogP) is 1.71. The molecule has 24 heavy (non-hydrogen) atoms. The molecule has 1 aromatic carbocycles. The quantitative estimate of drug-likeness (QED) is 0.783. The van der Waals surface area contributed by atoms with Crippen molar-refractivity contribution in [1.29, 1.82) is 0 Å². The zero-order valence-electron chi connectivity index (χ0n) is 15.1. The monoisotopic (exact) mass is 336 g/mol. The van der Waals surface area contributed by atoms with E-state index in [1.807, 2.05) is 24.1 Å². The molecule has 0 aliphatic carbocycles. The van der Waals surface area contributed by atoms with E-state index in [1.54, 1.807) is 21.3 Å². The van der Waals surface area contributed by atoms with Gasteiger partial charge in [0, 0.05) is 19.5 Å². The molecule has 6 heteroatoms. The van der Waals surface area contributed by atoms with Gasteiger partial charge in [0.25, 0.3) is 0 Å². The second-order valence-corrected chi connectivity index (χ2v) is 6.05. The van der Waals surface area contributed by atoms with Crippen molar-refractivity contribution in [2.45, 2.75) is 19.3 Å². The van der Waals surface area contributed by atoms with Crippen LogP contribution in [0.5, 0.6) is 17.2 Å². The van der Waals surface area contributed by atoms with Crippen LogP contribution in [0.1, 0.15) is 18.4 Å². The summed E-state index contributed by atoms with van der Waals surface area (Å²) in [5, 5.41) is 3.19. The SMILES string of the molecule is CNCC1CCN(C(=O)CCc2ccc(OC)c(OC)c2OC)C1. The largest absolute Gasteiger partial charge is 0.493 e. The summed E-state index contributed by atoms with van der Waals surface area (Å²) in [5.74, 6) is 2.60. The van der Waals surface area contributed by atoms with Gasteiger partial charge in [0.1, 0.15) is 0 Å². The molecule has 1 heterocycles. The number of rotatable bonds is 8. The van der Waals surface area contributed by atoms with E-state index in [4.69, 9.17) is 14.2 Å². The molecule has 1 aromatic rings. The minimum Gasteiger partial charge on any atom is -0.493 e. The molecule has 1 saturated heterocycles. The van der Waals surface area contributed by atoms with Crippen molar-refractivity contribution < 1.29 is 19.0 Å². The molecule has 6 nitrogen and oxygen atoms in total. The molecule has 0 bridgehead atoms. The number of carbonyl (C=O) groups is 1. The summed E-state index contributed by atoms with van der Waals surface area (Å²) in [6.45, 7) is 2.67. The first kappa shape index (κ1) is 18.4. The number of carbonyl (C=O) groups excluding carboxylic acids is 1. The van der Waals surface area contributed by atoms with E-state index in [1.165, 1.54) is 0 Å². The van der Waals surface area contributed by atoms with Crippen molar-refractivity contribution in [3.63, 3.8) is 0 Å². The lowest BCUT2D eigenvalue weighted by molar-refractivity contribution is -0.130. The Balaban J connectivity index is 2.00. The lowest BCUT2D eigenvalue weighted by Gasteiger charge is -2.18. The highest BCUT2D eigenvalue weighted by molar-refractivity contribution is 5.77. The summed E-state index contributed by atoms with van der Waals surface area (Å²) < 4.78 is 16.2. The van der Waals surface area contributed by atoms with Crippen molar-refractivity contribution in [2.24, 2.45) is 5.92 Å². The third-order valence-corrected chi connectivity index (χ3v) is 4.53. The molecular formula is C18H28N2O4. The molecule has 134 valence electrons. The van der Waals surface area contributed by atoms with E-state index in [-0.39, 0.29) is 5.91 Å². The first-order valence-corrected chi connectivity index (χ1v) is 8.34. The lowest BCUT2D eigenvalue weighted by Crippen LogP contribution is -2.30. The van der Waals surface area contributed by atoms with Gasteiger partial charge in [0.05, 0.1) is 21.3 Å². The normalized spacial score (nSPS) is 17.0. The Bertz CT molecular complexity index is 562. The molecule has 2 rings (SSSR count). The molecule has 1 aliphatic heterocycles. The predicted molar refractivity (Wildman–Crippen MR) is 93.0 cm³/mol. The van der Waals surface area contributed by atoms with Gasteiger partial charge in [-0.1, -0.05) is 6.07 Å². The van der Waals surface area contributed by atoms with Crippen LogP contribution in [0.4, 0.5) is 0 Å². The first-order valence-electron chi connectivity index (χ1n) is 8.34. The Labute approximate surface area is 144 Å². The molecule has 1 unspecified atom stereocenters. The van der Waals surface area contributed by atoms with Crippen molar-refractivity contribution >= 4 is 5.91 Å². The molecule has 1 fully saturated rings. The van der Waals surface area contributed by atoms with Crippen molar-refractivity contribution in [3.05, 3.63) is 17.7 Å². The highest BCUT2D eigenvalue weighted by Crippen LogP contribution is 2.40. The summed E-state index contributed by atoms with van der Waals surface area (Å²) in [6.07, 6.45) is 2.17. The second-order valence-electron chi connectivity index (χ2n) is 6.05. The van der Waals surface area contributed by atoms with Crippen LogP contribution in [0.2, 0.25) is 0 Å². The minimum atomic E-state index is 0.199. The highest BCUT2D eigenvalue weighted by atomic mass is 16.5. The van der Waals surface area contributed by atoms with E-state index in [2.05, 4.69) is 5.32 Å². The fourth-order valence-corrected chi connectivity index (χ4v) is 3.27. The average molecular weight is 336 g/mol. The summed E-state index contributed by atoms with van der Waals surface area (Å²) in [5.41, 5.74) is 0.953. The number of hydrogen-bond donors (Lipinski definition) is 1. The highest BCUT2D eigenvalue weighted by Gasteiger charge is 2.25. The third-order valence-electron chi connectivity index (χ3n) is 4.53. The average Bonchev–Trinajstić information content (AvgIpc) is 3.07. The minimum absolute atomic E-state index is 0.199. The van der Waals surface area contributed by atoms with Gasteiger partial charge in [0.15, 0.2) is 11.5 Å². The van der Waals surface area contributed by atoms with Crippen LogP contribution in [0, 0.1) is 5.92 Å². The van der Waals surface area contributed by atoms with Crippen molar-refractivity contribution in [3.8, 4) is 17.2 Å². The Morgan fingerprint density at radius 1 is 1.21 bits per heavy atom. The summed E-state index contributed by atoms with van der Waals surface area (Å²) in [4.78, 5) is 14.4. The van der Waals surface area contributed by atoms with Gasteiger partial charge in [-0.2, -0.15) is 0 Å². The fraction of sp³-hybridized carbons (Fsp3) is 0.611. The molecule has 1 atom stereocenters. The Hall–Kier alpha value is -1.95. The molecule has 0 spiro atoms. The topological polar surface area (TPSA) is 60.0 Å². The molecule has 0 radical (unpaired) electrons. The number of nitrogens with one attached hydrogen (secondary N) is 1. The van der Waals surface area contributed by atoms with Crippen LogP contribution >= 0.6 is 0 Å². The van der Waals surface area contributed by atoms with Crippen molar-refractivity contribution in [2.75, 3.05) is 48.0 Å². The van der Waals surface area contributed by atoms with Gasteiger partial charge >= 0.3 is 0 Å². The summed E-state index contributed by atoms with van der Waals surface area (Å²) in [7, 11) is 6.73.